The van der Waals surface area contributed by atoms with Crippen molar-refractivity contribution in [3.63, 3.8) is 0 Å². The number of esters is 1. The van der Waals surface area contributed by atoms with Gasteiger partial charge in [-0.25, -0.2) is 9.78 Å². The minimum absolute atomic E-state index is 0.131. The molecule has 29 heavy (non-hydrogen) atoms. The van der Waals surface area contributed by atoms with Gasteiger partial charge in [-0.15, -0.1) is 0 Å². The summed E-state index contributed by atoms with van der Waals surface area (Å²) in [5, 5.41) is 14.1. The summed E-state index contributed by atoms with van der Waals surface area (Å²) >= 11 is 0. The number of nitrogens with zero attached hydrogens (tertiary/aromatic N) is 3. The third-order valence-electron chi connectivity index (χ3n) is 3.91. The maximum atomic E-state index is 12.5. The van der Waals surface area contributed by atoms with Crippen LogP contribution in [-0.4, -0.2) is 40.1 Å². The van der Waals surface area contributed by atoms with Crippen molar-refractivity contribution >= 4 is 23.3 Å². The summed E-state index contributed by atoms with van der Waals surface area (Å²) in [4.78, 5) is 38.3. The van der Waals surface area contributed by atoms with E-state index >= 15 is 0 Å². The van der Waals surface area contributed by atoms with Gasteiger partial charge in [0.25, 0.3) is 11.6 Å². The Hall–Kier alpha value is -4.21. The number of amides is 1. The van der Waals surface area contributed by atoms with Crippen molar-refractivity contribution in [2.24, 2.45) is 0 Å². The molecular formula is C19H16N4O6. The monoisotopic (exact) mass is 396 g/mol. The molecule has 0 saturated carbocycles. The molecule has 1 heterocycles. The normalized spacial score (nSPS) is 10.2. The lowest BCUT2D eigenvalue weighted by Crippen LogP contribution is -2.13. The number of hydrogen-bond donors (Lipinski definition) is 1. The van der Waals surface area contributed by atoms with Crippen molar-refractivity contribution in [3.8, 4) is 11.4 Å². The smallest absolute Gasteiger partial charge is 0.343 e. The lowest BCUT2D eigenvalue weighted by molar-refractivity contribution is -0.384. The zero-order valence-corrected chi connectivity index (χ0v) is 15.3. The fourth-order valence-electron chi connectivity index (χ4n) is 2.47. The van der Waals surface area contributed by atoms with Crippen LogP contribution in [0, 0.1) is 10.1 Å². The van der Waals surface area contributed by atoms with E-state index in [1.807, 2.05) is 0 Å². The van der Waals surface area contributed by atoms with E-state index in [9.17, 15) is 19.7 Å². The number of nitro groups is 1. The van der Waals surface area contributed by atoms with Crippen LogP contribution in [0.1, 0.15) is 10.4 Å². The van der Waals surface area contributed by atoms with Gasteiger partial charge in [-0.3, -0.25) is 14.9 Å². The number of nitrogens with one attached hydrogen (secondary N) is 1. The molecule has 0 radical (unpaired) electrons. The molecule has 0 unspecified atom stereocenters. The van der Waals surface area contributed by atoms with Gasteiger partial charge in [0.05, 0.1) is 18.4 Å². The maximum Gasteiger partial charge on any atom is 0.343 e. The van der Waals surface area contributed by atoms with Crippen molar-refractivity contribution in [3.05, 3.63) is 76.9 Å². The summed E-state index contributed by atoms with van der Waals surface area (Å²) in [6.45, 7) is -0.227. The molecule has 10 nitrogen and oxygen atoms in total. The van der Waals surface area contributed by atoms with Gasteiger partial charge in [-0.1, -0.05) is 0 Å². The SMILES string of the molecule is COC(=O)COc1ccc(NC(=O)c2ccc(-n3ccnc3)c([N+](=O)[O-])c2)cc1. The van der Waals surface area contributed by atoms with Crippen molar-refractivity contribution in [2.45, 2.75) is 0 Å². The highest BCUT2D eigenvalue weighted by Crippen LogP contribution is 2.25. The quantitative estimate of drug-likeness (QED) is 0.369. The molecular weight excluding hydrogens is 380 g/mol. The first-order valence-electron chi connectivity index (χ1n) is 8.35. The average Bonchev–Trinajstić information content (AvgIpc) is 3.27. The lowest BCUT2D eigenvalue weighted by Gasteiger charge is -2.09. The van der Waals surface area contributed by atoms with E-state index in [1.54, 1.807) is 30.5 Å². The van der Waals surface area contributed by atoms with E-state index in [1.165, 1.54) is 42.4 Å². The summed E-state index contributed by atoms with van der Waals surface area (Å²) in [5.74, 6) is -0.592. The van der Waals surface area contributed by atoms with Crippen molar-refractivity contribution in [1.29, 1.82) is 0 Å². The van der Waals surface area contributed by atoms with Crippen LogP contribution in [0.4, 0.5) is 11.4 Å². The van der Waals surface area contributed by atoms with Crippen LogP contribution in [0.15, 0.2) is 61.2 Å². The second kappa shape index (κ2) is 8.65. The molecule has 3 rings (SSSR count). The Labute approximate surface area is 164 Å². The minimum Gasteiger partial charge on any atom is -0.482 e. The number of carbonyl (C=O) groups excluding carboxylic acids is 2. The molecule has 0 bridgehead atoms. The average molecular weight is 396 g/mol. The van der Waals surface area contributed by atoms with Crippen LogP contribution >= 0.6 is 0 Å². The highest BCUT2D eigenvalue weighted by molar-refractivity contribution is 6.05. The molecule has 0 aliphatic heterocycles. The van der Waals surface area contributed by atoms with Gasteiger partial charge in [-0.05, 0) is 36.4 Å². The van der Waals surface area contributed by atoms with E-state index in [0.717, 1.165) is 0 Å². The summed E-state index contributed by atoms with van der Waals surface area (Å²) < 4.78 is 11.2. The third kappa shape index (κ3) is 4.75. The Morgan fingerprint density at radius 2 is 1.97 bits per heavy atom. The van der Waals surface area contributed by atoms with Crippen molar-refractivity contribution < 1.29 is 24.0 Å². The number of methoxy groups -OCH3 is 1. The Balaban J connectivity index is 1.73. The fourth-order valence-corrected chi connectivity index (χ4v) is 2.47. The molecule has 2 aromatic carbocycles. The topological polar surface area (TPSA) is 126 Å². The summed E-state index contributed by atoms with van der Waals surface area (Å²) in [5.41, 5.74) is 0.673. The van der Waals surface area contributed by atoms with Crippen molar-refractivity contribution in [2.75, 3.05) is 19.0 Å². The van der Waals surface area contributed by atoms with Gasteiger partial charge in [0.15, 0.2) is 6.61 Å². The number of ether oxygens (including phenoxy) is 2. The summed E-state index contributed by atoms with van der Waals surface area (Å²) in [7, 11) is 1.26. The maximum absolute atomic E-state index is 12.5. The molecule has 0 aliphatic rings. The number of nitro benzene ring substituents is 1. The van der Waals surface area contributed by atoms with Gasteiger partial charge in [0.2, 0.25) is 0 Å². The number of imidazole rings is 1. The van der Waals surface area contributed by atoms with Gasteiger partial charge in [0.1, 0.15) is 11.4 Å². The molecule has 0 fully saturated rings. The first kappa shape index (κ1) is 19.5. The Kier molecular flexibility index (Phi) is 5.83. The molecule has 1 aromatic heterocycles. The second-order valence-corrected chi connectivity index (χ2v) is 5.77. The predicted molar refractivity (Wildman–Crippen MR) is 102 cm³/mol. The van der Waals surface area contributed by atoms with Crippen LogP contribution in [0.3, 0.4) is 0 Å². The first-order valence-corrected chi connectivity index (χ1v) is 8.35. The molecule has 3 aromatic rings. The molecule has 1 N–H and O–H groups in total. The third-order valence-corrected chi connectivity index (χ3v) is 3.91. The van der Waals surface area contributed by atoms with Crippen LogP contribution in [0.5, 0.6) is 5.75 Å². The number of anilines is 1. The number of carbonyl (C=O) groups is 2. The highest BCUT2D eigenvalue weighted by Gasteiger charge is 2.19. The predicted octanol–water partition coefficient (Wildman–Crippen LogP) is 2.58. The standard InChI is InChI=1S/C19H16N4O6/c1-28-18(24)11-29-15-5-3-14(4-6-15)21-19(25)13-2-7-16(17(10-13)23(26)27)22-9-8-20-12-22/h2-10,12H,11H2,1H3,(H,21,25). The molecule has 148 valence electrons. The number of aromatic nitrogens is 2. The zero-order chi connectivity index (χ0) is 20.8. The van der Waals surface area contributed by atoms with Gasteiger partial charge < -0.3 is 19.4 Å². The Morgan fingerprint density at radius 1 is 1.21 bits per heavy atom. The Morgan fingerprint density at radius 3 is 2.59 bits per heavy atom. The summed E-state index contributed by atoms with van der Waals surface area (Å²) in [6, 6.07) is 10.5. The van der Waals surface area contributed by atoms with Gasteiger partial charge >= 0.3 is 5.97 Å². The van der Waals surface area contributed by atoms with E-state index in [2.05, 4.69) is 15.0 Å². The highest BCUT2D eigenvalue weighted by atomic mass is 16.6. The van der Waals surface area contributed by atoms with E-state index in [0.29, 0.717) is 17.1 Å². The summed E-state index contributed by atoms with van der Waals surface area (Å²) in [6.07, 6.45) is 4.51. The zero-order valence-electron chi connectivity index (χ0n) is 15.3. The minimum atomic E-state index is -0.556. The first-order chi connectivity index (χ1) is 14.0. The van der Waals surface area contributed by atoms with Gasteiger partial charge in [-0.2, -0.15) is 0 Å². The van der Waals surface area contributed by atoms with Crippen molar-refractivity contribution in [1.82, 2.24) is 9.55 Å². The number of hydrogen-bond acceptors (Lipinski definition) is 7. The van der Waals surface area contributed by atoms with E-state index < -0.39 is 16.8 Å². The molecule has 1 amide bonds. The van der Waals surface area contributed by atoms with Crippen LogP contribution in [-0.2, 0) is 9.53 Å². The van der Waals surface area contributed by atoms with Crippen LogP contribution < -0.4 is 10.1 Å². The molecule has 0 saturated heterocycles. The fraction of sp³-hybridized carbons (Fsp3) is 0.105. The molecule has 0 atom stereocenters. The van der Waals surface area contributed by atoms with E-state index in [4.69, 9.17) is 4.74 Å². The second-order valence-electron chi connectivity index (χ2n) is 5.77. The molecule has 0 aliphatic carbocycles. The number of rotatable bonds is 7. The Bertz CT molecular complexity index is 1030. The van der Waals surface area contributed by atoms with Gasteiger partial charge in [0, 0.05) is 29.7 Å². The lowest BCUT2D eigenvalue weighted by atomic mass is 10.1. The van der Waals surface area contributed by atoms with Crippen LogP contribution in [0.25, 0.3) is 5.69 Å². The van der Waals surface area contributed by atoms with Crippen LogP contribution in [0.2, 0.25) is 0 Å². The number of benzene rings is 2. The largest absolute Gasteiger partial charge is 0.482 e. The molecule has 0 spiro atoms. The van der Waals surface area contributed by atoms with E-state index in [-0.39, 0.29) is 17.9 Å². The molecule has 10 heteroatoms.